The summed E-state index contributed by atoms with van der Waals surface area (Å²) in [6.45, 7) is 0.857. The van der Waals surface area contributed by atoms with Crippen LogP contribution in [0.15, 0.2) is 55.0 Å². The van der Waals surface area contributed by atoms with Crippen LogP contribution in [0.4, 0.5) is 0 Å². The van der Waals surface area contributed by atoms with Crippen molar-refractivity contribution in [2.24, 2.45) is 0 Å². The minimum atomic E-state index is -0.860. The zero-order valence-corrected chi connectivity index (χ0v) is 20.8. The Hall–Kier alpha value is -2.62. The number of hydrogen-bond acceptors (Lipinski definition) is 7. The van der Waals surface area contributed by atoms with Gasteiger partial charge < -0.3 is 14.9 Å². The lowest BCUT2D eigenvalue weighted by Gasteiger charge is -2.22. The maximum absolute atomic E-state index is 11.3. The van der Waals surface area contributed by atoms with Crippen molar-refractivity contribution in [1.29, 1.82) is 0 Å². The van der Waals surface area contributed by atoms with E-state index in [1.54, 1.807) is 40.7 Å². The van der Waals surface area contributed by atoms with Gasteiger partial charge in [0, 0.05) is 40.6 Å². The summed E-state index contributed by atoms with van der Waals surface area (Å²) in [7, 11) is 0. The summed E-state index contributed by atoms with van der Waals surface area (Å²) in [4.78, 5) is 10.8. The molecule has 182 valence electrons. The quantitative estimate of drug-likeness (QED) is 0.328. The predicted molar refractivity (Wildman–Crippen MR) is 136 cm³/mol. The van der Waals surface area contributed by atoms with Crippen molar-refractivity contribution in [1.82, 2.24) is 19.7 Å². The second-order valence-corrected chi connectivity index (χ2v) is 10.1. The third-order valence-electron chi connectivity index (χ3n) is 6.10. The zero-order chi connectivity index (χ0) is 24.2. The highest BCUT2D eigenvalue weighted by Gasteiger charge is 2.24. The van der Waals surface area contributed by atoms with Crippen molar-refractivity contribution in [3.8, 4) is 21.1 Å². The number of ether oxygens (including phenoxy) is 1. The van der Waals surface area contributed by atoms with E-state index in [-0.39, 0.29) is 12.8 Å². The van der Waals surface area contributed by atoms with Gasteiger partial charge in [-0.15, -0.1) is 16.4 Å². The molecule has 3 aromatic heterocycles. The van der Waals surface area contributed by atoms with E-state index >= 15 is 0 Å². The monoisotopic (exact) mass is 510 g/mol. The summed E-state index contributed by atoms with van der Waals surface area (Å²) in [5.41, 5.74) is 3.41. The zero-order valence-electron chi connectivity index (χ0n) is 19.2. The maximum atomic E-state index is 11.3. The number of rotatable bonds is 8. The molecule has 1 aliphatic rings. The maximum Gasteiger partial charge on any atom is 0.191 e. The summed E-state index contributed by atoms with van der Waals surface area (Å²) >= 11 is 7.61. The van der Waals surface area contributed by atoms with Crippen molar-refractivity contribution in [3.63, 3.8) is 0 Å². The van der Waals surface area contributed by atoms with Crippen LogP contribution in [-0.4, -0.2) is 43.2 Å². The molecule has 1 saturated heterocycles. The number of thiophene rings is 1. The summed E-state index contributed by atoms with van der Waals surface area (Å²) in [6, 6.07) is 13.2. The van der Waals surface area contributed by atoms with E-state index in [1.807, 2.05) is 30.3 Å². The summed E-state index contributed by atoms with van der Waals surface area (Å²) in [5, 5.41) is 25.9. The lowest BCUT2D eigenvalue weighted by atomic mass is 10.0. The highest BCUT2D eigenvalue weighted by molar-refractivity contribution is 7.19. The average Bonchev–Trinajstić information content (AvgIpc) is 3.56. The molecule has 9 heteroatoms. The third kappa shape index (κ3) is 5.47. The first kappa shape index (κ1) is 24.1. The molecule has 0 aliphatic carbocycles. The molecule has 35 heavy (non-hydrogen) atoms. The molecular weight excluding hydrogens is 484 g/mol. The van der Waals surface area contributed by atoms with Crippen molar-refractivity contribution in [3.05, 3.63) is 76.8 Å². The van der Waals surface area contributed by atoms with Gasteiger partial charge in [-0.25, -0.2) is 9.67 Å². The van der Waals surface area contributed by atoms with E-state index in [0.29, 0.717) is 23.7 Å². The van der Waals surface area contributed by atoms with Gasteiger partial charge in [0.1, 0.15) is 12.4 Å². The Labute approximate surface area is 213 Å². The van der Waals surface area contributed by atoms with E-state index < -0.39 is 6.10 Å². The second kappa shape index (κ2) is 11.0. The Morgan fingerprint density at radius 2 is 2.00 bits per heavy atom. The van der Waals surface area contributed by atoms with Crippen LogP contribution in [0, 0.1) is 0 Å². The fraction of sp³-hybridized carbons (Fsp3) is 0.346. The van der Waals surface area contributed by atoms with Gasteiger partial charge in [-0.3, -0.25) is 4.98 Å². The number of hydrogen-bond donors (Lipinski definition) is 2. The van der Waals surface area contributed by atoms with Gasteiger partial charge in [0.25, 0.3) is 0 Å². The first-order valence-electron chi connectivity index (χ1n) is 11.8. The first-order valence-corrected chi connectivity index (χ1v) is 13.0. The molecular formula is C26H27ClN4O3S. The Bertz CT molecular complexity index is 1270. The van der Waals surface area contributed by atoms with Crippen LogP contribution in [-0.2, 0) is 11.2 Å². The minimum absolute atomic E-state index is 0.108. The number of nitrogens with zero attached hydrogens (tertiary/aromatic N) is 4. The van der Waals surface area contributed by atoms with Gasteiger partial charge in [-0.1, -0.05) is 23.7 Å². The molecule has 2 N–H and O–H groups in total. The molecule has 0 radical (unpaired) electrons. The van der Waals surface area contributed by atoms with Gasteiger partial charge in [-0.2, -0.15) is 0 Å². The van der Waals surface area contributed by atoms with Crippen LogP contribution in [0.1, 0.15) is 54.8 Å². The number of aliphatic hydroxyl groups is 2. The SMILES string of the molecule is OCCCc1cc(-c2cc(C(O)c3ccc(Cl)cc3)c(-c3ncn(C4CCCCO4)n3)s2)ccn1. The summed E-state index contributed by atoms with van der Waals surface area (Å²) in [6.07, 6.45) is 6.97. The average molecular weight is 511 g/mol. The molecule has 0 bridgehead atoms. The minimum Gasteiger partial charge on any atom is -0.396 e. The summed E-state index contributed by atoms with van der Waals surface area (Å²) in [5.74, 6) is 0.563. The van der Waals surface area contributed by atoms with Gasteiger partial charge in [0.2, 0.25) is 0 Å². The molecule has 0 amide bonds. The van der Waals surface area contributed by atoms with Crippen molar-refractivity contribution < 1.29 is 14.9 Å². The van der Waals surface area contributed by atoms with Gasteiger partial charge in [0.15, 0.2) is 12.1 Å². The topological polar surface area (TPSA) is 93.3 Å². The molecule has 7 nitrogen and oxygen atoms in total. The van der Waals surface area contributed by atoms with Crippen molar-refractivity contribution >= 4 is 22.9 Å². The number of halogens is 1. The highest BCUT2D eigenvalue weighted by atomic mass is 35.5. The van der Waals surface area contributed by atoms with E-state index in [4.69, 9.17) is 21.4 Å². The Balaban J connectivity index is 1.54. The normalized spacial score (nSPS) is 16.9. The van der Waals surface area contributed by atoms with Crippen LogP contribution in [0.2, 0.25) is 5.02 Å². The lowest BCUT2D eigenvalue weighted by Crippen LogP contribution is -2.18. The van der Waals surface area contributed by atoms with Crippen LogP contribution in [0.25, 0.3) is 21.1 Å². The largest absolute Gasteiger partial charge is 0.396 e. The predicted octanol–water partition coefficient (Wildman–Crippen LogP) is 5.43. The Morgan fingerprint density at radius 1 is 1.14 bits per heavy atom. The molecule has 2 unspecified atom stereocenters. The Kier molecular flexibility index (Phi) is 7.55. The highest BCUT2D eigenvalue weighted by Crippen LogP contribution is 2.42. The van der Waals surface area contributed by atoms with Crippen molar-refractivity contribution in [2.45, 2.75) is 44.4 Å². The molecule has 0 spiro atoms. The van der Waals surface area contributed by atoms with E-state index in [0.717, 1.165) is 58.0 Å². The molecule has 1 aliphatic heterocycles. The molecule has 5 rings (SSSR count). The van der Waals surface area contributed by atoms with Gasteiger partial charge >= 0.3 is 0 Å². The third-order valence-corrected chi connectivity index (χ3v) is 7.54. The molecule has 1 fully saturated rings. The van der Waals surface area contributed by atoms with Crippen LogP contribution in [0.3, 0.4) is 0 Å². The molecule has 2 atom stereocenters. The van der Waals surface area contributed by atoms with Crippen LogP contribution >= 0.6 is 22.9 Å². The molecule has 1 aromatic carbocycles. The van der Waals surface area contributed by atoms with E-state index in [1.165, 1.54) is 0 Å². The lowest BCUT2D eigenvalue weighted by molar-refractivity contribution is -0.0395. The Morgan fingerprint density at radius 3 is 2.77 bits per heavy atom. The summed E-state index contributed by atoms with van der Waals surface area (Å²) < 4.78 is 7.65. The van der Waals surface area contributed by atoms with Gasteiger partial charge in [-0.05, 0) is 73.6 Å². The van der Waals surface area contributed by atoms with Crippen LogP contribution < -0.4 is 0 Å². The molecule has 0 saturated carbocycles. The number of aromatic nitrogens is 4. The first-order chi connectivity index (χ1) is 17.1. The van der Waals surface area contributed by atoms with E-state index in [9.17, 15) is 10.2 Å². The van der Waals surface area contributed by atoms with Crippen LogP contribution in [0.5, 0.6) is 0 Å². The van der Waals surface area contributed by atoms with E-state index in [2.05, 4.69) is 9.97 Å². The van der Waals surface area contributed by atoms with Crippen molar-refractivity contribution in [2.75, 3.05) is 13.2 Å². The number of aliphatic hydroxyl groups excluding tert-OH is 2. The number of benzene rings is 1. The smallest absolute Gasteiger partial charge is 0.191 e. The second-order valence-electron chi connectivity index (χ2n) is 8.58. The number of aryl methyl sites for hydroxylation is 1. The fourth-order valence-corrected chi connectivity index (χ4v) is 5.48. The van der Waals surface area contributed by atoms with Gasteiger partial charge in [0.05, 0.1) is 4.88 Å². The molecule has 4 aromatic rings. The number of pyridine rings is 1. The fourth-order valence-electron chi connectivity index (χ4n) is 4.23. The standard InChI is InChI=1S/C26H27ClN4O3S/c27-19-8-6-17(7-9-19)24(33)21-15-22(18-10-11-28-20(14-18)4-3-12-32)35-25(21)26-29-16-31(30-26)23-5-1-2-13-34-23/h6-11,14-16,23-24,32-33H,1-5,12-13H2. The molecule has 4 heterocycles.